The van der Waals surface area contributed by atoms with Gasteiger partial charge < -0.3 is 15.5 Å². The molecule has 1 aliphatic heterocycles. The van der Waals surface area contributed by atoms with Crippen LogP contribution >= 0.6 is 0 Å². The first-order chi connectivity index (χ1) is 11.6. The summed E-state index contributed by atoms with van der Waals surface area (Å²) in [5.74, 6) is -0.270. The number of aliphatic carboxylic acids is 1. The van der Waals surface area contributed by atoms with Gasteiger partial charge in [0.05, 0.1) is 17.1 Å². The molecule has 4 fully saturated rings. The highest BCUT2D eigenvalue weighted by Gasteiger charge is 2.67. The third-order valence-corrected chi connectivity index (χ3v) is 8.78. The van der Waals surface area contributed by atoms with Crippen LogP contribution < -0.4 is 5.32 Å². The third kappa shape index (κ3) is 2.11. The molecule has 140 valence electrons. The van der Waals surface area contributed by atoms with Gasteiger partial charge in [0.25, 0.3) is 0 Å². The molecule has 0 aromatic carbocycles. The summed E-state index contributed by atoms with van der Waals surface area (Å²) in [6.45, 7) is 6.15. The van der Waals surface area contributed by atoms with E-state index in [-0.39, 0.29) is 28.6 Å². The van der Waals surface area contributed by atoms with Crippen molar-refractivity contribution in [3.63, 3.8) is 0 Å². The smallest absolute Gasteiger partial charge is 0.309 e. The average Bonchev–Trinajstić information content (AvgIpc) is 2.48. The SMILES string of the molecule is C[C@@]12CCC[C@@](C)(C(=O)O)[C@H]1CC[C@]13CC(=O)N[C@](C)(C1)[C@@H](O)C[C@H]32. The second-order valence-corrected chi connectivity index (χ2v) is 10.2. The minimum atomic E-state index is -0.683. The number of rotatable bonds is 1. The summed E-state index contributed by atoms with van der Waals surface area (Å²) in [4.78, 5) is 24.6. The van der Waals surface area contributed by atoms with Crippen molar-refractivity contribution >= 4 is 11.9 Å². The number of aliphatic hydroxyl groups is 1. The average molecular weight is 349 g/mol. The molecular formula is C20H31NO4. The molecule has 3 saturated carbocycles. The van der Waals surface area contributed by atoms with Gasteiger partial charge in [0, 0.05) is 6.42 Å². The van der Waals surface area contributed by atoms with Gasteiger partial charge in [-0.05, 0) is 75.0 Å². The molecule has 5 nitrogen and oxygen atoms in total. The summed E-state index contributed by atoms with van der Waals surface area (Å²) in [6, 6.07) is 0. The fourth-order valence-electron chi connectivity index (χ4n) is 7.69. The maximum absolute atomic E-state index is 12.5. The molecule has 0 aromatic rings. The Morgan fingerprint density at radius 2 is 1.88 bits per heavy atom. The summed E-state index contributed by atoms with van der Waals surface area (Å²) >= 11 is 0. The number of nitrogens with one attached hydrogen (secondary N) is 1. The molecule has 1 spiro atoms. The summed E-state index contributed by atoms with van der Waals surface area (Å²) in [5.41, 5.74) is -1.39. The Labute approximate surface area is 149 Å². The second-order valence-electron chi connectivity index (χ2n) is 10.2. The Balaban J connectivity index is 1.78. The van der Waals surface area contributed by atoms with Crippen molar-refractivity contribution in [2.75, 3.05) is 0 Å². The molecule has 25 heavy (non-hydrogen) atoms. The molecule has 4 rings (SSSR count). The van der Waals surface area contributed by atoms with Gasteiger partial charge in [0.15, 0.2) is 0 Å². The van der Waals surface area contributed by atoms with Crippen LogP contribution in [0.3, 0.4) is 0 Å². The zero-order chi connectivity index (χ0) is 18.3. The summed E-state index contributed by atoms with van der Waals surface area (Å²) in [7, 11) is 0. The fraction of sp³-hybridized carbons (Fsp3) is 0.900. The molecule has 3 aliphatic carbocycles. The van der Waals surface area contributed by atoms with Crippen LogP contribution in [0.15, 0.2) is 0 Å². The normalized spacial score (nSPS) is 54.9. The first kappa shape index (κ1) is 17.3. The molecule has 7 atom stereocenters. The zero-order valence-electron chi connectivity index (χ0n) is 15.6. The monoisotopic (exact) mass is 349 g/mol. The van der Waals surface area contributed by atoms with Crippen LogP contribution in [-0.2, 0) is 9.59 Å². The second kappa shape index (κ2) is 4.99. The van der Waals surface area contributed by atoms with Crippen molar-refractivity contribution in [3.8, 4) is 0 Å². The quantitative estimate of drug-likeness (QED) is 0.679. The van der Waals surface area contributed by atoms with Crippen LogP contribution in [0, 0.1) is 28.1 Å². The highest BCUT2D eigenvalue weighted by Crippen LogP contribution is 2.69. The van der Waals surface area contributed by atoms with Crippen molar-refractivity contribution < 1.29 is 19.8 Å². The van der Waals surface area contributed by atoms with Crippen LogP contribution in [0.4, 0.5) is 0 Å². The van der Waals surface area contributed by atoms with Gasteiger partial charge in [-0.25, -0.2) is 0 Å². The first-order valence-electron chi connectivity index (χ1n) is 9.78. The standard InChI is InChI=1S/C20H31NO4/c1-17-6-4-7-18(2,16(24)25)12(17)5-8-20-10-15(23)21-19(3,11-20)14(22)9-13(17)20/h12-14,22H,4-11H2,1-3H3,(H,21,23)(H,24,25)/t12-,13-,14-,17+,18+,19+,20-/m0/s1. The van der Waals surface area contributed by atoms with Crippen molar-refractivity contribution in [1.82, 2.24) is 5.32 Å². The van der Waals surface area contributed by atoms with Crippen molar-refractivity contribution in [3.05, 3.63) is 0 Å². The largest absolute Gasteiger partial charge is 0.481 e. The number of hydrogen-bond acceptors (Lipinski definition) is 3. The number of hydrogen-bond donors (Lipinski definition) is 3. The van der Waals surface area contributed by atoms with Crippen molar-refractivity contribution in [2.45, 2.75) is 83.8 Å². The van der Waals surface area contributed by atoms with Gasteiger partial charge >= 0.3 is 5.97 Å². The van der Waals surface area contributed by atoms with Gasteiger partial charge in [-0.1, -0.05) is 13.3 Å². The van der Waals surface area contributed by atoms with Crippen LogP contribution in [0.2, 0.25) is 0 Å². The van der Waals surface area contributed by atoms with Crippen LogP contribution in [0.25, 0.3) is 0 Å². The van der Waals surface area contributed by atoms with Crippen molar-refractivity contribution in [2.24, 2.45) is 28.1 Å². The highest BCUT2D eigenvalue weighted by molar-refractivity contribution is 5.79. The van der Waals surface area contributed by atoms with E-state index in [9.17, 15) is 19.8 Å². The zero-order valence-corrected chi connectivity index (χ0v) is 15.6. The third-order valence-electron chi connectivity index (χ3n) is 8.78. The van der Waals surface area contributed by atoms with E-state index in [4.69, 9.17) is 0 Å². The lowest BCUT2D eigenvalue weighted by molar-refractivity contribution is -0.209. The lowest BCUT2D eigenvalue weighted by Crippen LogP contribution is -2.71. The van der Waals surface area contributed by atoms with Gasteiger partial charge in [-0.3, -0.25) is 9.59 Å². The maximum atomic E-state index is 12.5. The van der Waals surface area contributed by atoms with Crippen molar-refractivity contribution in [1.29, 1.82) is 0 Å². The molecule has 1 amide bonds. The van der Waals surface area contributed by atoms with E-state index >= 15 is 0 Å². The molecule has 1 heterocycles. The summed E-state index contributed by atoms with van der Waals surface area (Å²) in [5, 5.41) is 23.8. The Kier molecular flexibility index (Phi) is 3.46. The molecule has 0 unspecified atom stereocenters. The van der Waals surface area contributed by atoms with Gasteiger partial charge in [0.1, 0.15) is 0 Å². The van der Waals surface area contributed by atoms with Crippen LogP contribution in [0.1, 0.15) is 72.1 Å². The number of amides is 1. The topological polar surface area (TPSA) is 86.6 Å². The highest BCUT2D eigenvalue weighted by atomic mass is 16.4. The van der Waals surface area contributed by atoms with Gasteiger partial charge in [0.2, 0.25) is 5.91 Å². The van der Waals surface area contributed by atoms with Crippen LogP contribution in [0.5, 0.6) is 0 Å². The Hall–Kier alpha value is -1.10. The van der Waals surface area contributed by atoms with E-state index < -0.39 is 23.0 Å². The van der Waals surface area contributed by atoms with E-state index in [1.807, 2.05) is 13.8 Å². The molecule has 0 radical (unpaired) electrons. The number of carboxylic acid groups (broad SMARTS) is 1. The Bertz CT molecular complexity index is 635. The molecule has 5 heteroatoms. The lowest BCUT2D eigenvalue weighted by Gasteiger charge is -2.68. The van der Waals surface area contributed by atoms with E-state index in [1.54, 1.807) is 0 Å². The van der Waals surface area contributed by atoms with E-state index in [0.29, 0.717) is 12.8 Å². The Morgan fingerprint density at radius 1 is 1.16 bits per heavy atom. The molecule has 2 bridgehead atoms. The van der Waals surface area contributed by atoms with E-state index in [0.717, 1.165) is 38.5 Å². The lowest BCUT2D eigenvalue weighted by atomic mass is 9.38. The number of aliphatic hydroxyl groups excluding tert-OH is 1. The number of carbonyl (C=O) groups excluding carboxylic acids is 1. The number of piperidine rings is 1. The fourth-order valence-corrected chi connectivity index (χ4v) is 7.69. The van der Waals surface area contributed by atoms with E-state index in [1.165, 1.54) is 0 Å². The Morgan fingerprint density at radius 3 is 2.56 bits per heavy atom. The molecule has 1 saturated heterocycles. The summed E-state index contributed by atoms with van der Waals surface area (Å²) in [6.07, 6.45) is 5.95. The van der Waals surface area contributed by atoms with Gasteiger partial charge in [-0.2, -0.15) is 0 Å². The number of carbonyl (C=O) groups is 2. The molecule has 4 aliphatic rings. The first-order valence-corrected chi connectivity index (χ1v) is 9.78. The molecule has 3 N–H and O–H groups in total. The number of fused-ring (bicyclic) bond motifs is 3. The van der Waals surface area contributed by atoms with Gasteiger partial charge in [-0.15, -0.1) is 0 Å². The summed E-state index contributed by atoms with van der Waals surface area (Å²) < 4.78 is 0. The predicted octanol–water partition coefficient (Wildman–Crippen LogP) is 2.71. The number of carboxylic acids is 1. The minimum absolute atomic E-state index is 0.0522. The predicted molar refractivity (Wildman–Crippen MR) is 92.8 cm³/mol. The van der Waals surface area contributed by atoms with Crippen LogP contribution in [-0.4, -0.2) is 33.7 Å². The minimum Gasteiger partial charge on any atom is -0.481 e. The molecule has 0 aromatic heterocycles. The van der Waals surface area contributed by atoms with E-state index in [2.05, 4.69) is 12.2 Å². The molecular weight excluding hydrogens is 318 g/mol. The maximum Gasteiger partial charge on any atom is 0.309 e.